The maximum absolute atomic E-state index is 10.9. The minimum atomic E-state index is -0.674. The molecule has 3 aliphatic carbocycles. The molecule has 0 amide bonds. The normalized spacial score (nSPS) is 26.9. The molecule has 0 bridgehead atoms. The van der Waals surface area contributed by atoms with Crippen LogP contribution in [0.1, 0.15) is 138 Å². The van der Waals surface area contributed by atoms with Crippen molar-refractivity contribution in [2.45, 2.75) is 138 Å². The maximum Gasteiger partial charge on any atom is 1.00 e. The van der Waals surface area contributed by atoms with E-state index in [1.165, 1.54) is 11.1 Å². The summed E-state index contributed by atoms with van der Waals surface area (Å²) in [7, 11) is 0. The average Bonchev–Trinajstić information content (AvgIpc) is 3.27. The van der Waals surface area contributed by atoms with Crippen molar-refractivity contribution in [2.24, 2.45) is 43.3 Å². The second-order valence-electron chi connectivity index (χ2n) is 15.4. The smallest absolute Gasteiger partial charge is 0.481 e. The fourth-order valence-corrected chi connectivity index (χ4v) is 5.32. The third kappa shape index (κ3) is 5.51. The fraction of sp³-hybridized carbons (Fsp3) is 0.875. The summed E-state index contributed by atoms with van der Waals surface area (Å²) in [5, 5.41) is 8.98. The molecule has 1 N–H and O–H groups in total. The molecular formula is C32H61LiO2. The Morgan fingerprint density at radius 3 is 0.686 bits per heavy atom. The Balaban J connectivity index is 0. The van der Waals surface area contributed by atoms with E-state index in [2.05, 4.69) is 104 Å². The first-order chi connectivity index (χ1) is 14.5. The van der Waals surface area contributed by atoms with Crippen LogP contribution >= 0.6 is 0 Å². The van der Waals surface area contributed by atoms with E-state index in [1.54, 1.807) is 5.92 Å². The first-order valence-corrected chi connectivity index (χ1v) is 13.2. The zero-order valence-corrected chi connectivity index (χ0v) is 27.9. The van der Waals surface area contributed by atoms with Crippen molar-refractivity contribution in [3.63, 3.8) is 0 Å². The standard InChI is InChI=1S/C9H16O2.C9H18.C8H15.C6H12.Li/c1-7(2)8(3,4)9(7,5)6(10)11;1-7(2)8(3,4)9(7,5)6;1-6-7(2,3)8(6,4)5;1-5(2)6(3)4;/h1-5H3,(H,10,11);1-6H3;1-5H3;1-4H3;/q;;-1;;+1. The predicted molar refractivity (Wildman–Crippen MR) is 151 cm³/mol. The summed E-state index contributed by atoms with van der Waals surface area (Å²) in [6.07, 6.45) is 0. The Labute approximate surface area is 233 Å². The molecule has 3 heteroatoms. The van der Waals surface area contributed by atoms with E-state index in [9.17, 15) is 4.79 Å². The van der Waals surface area contributed by atoms with E-state index < -0.39 is 11.4 Å². The predicted octanol–water partition coefficient (Wildman–Crippen LogP) is 7.24. The van der Waals surface area contributed by atoms with Gasteiger partial charge in [-0.1, -0.05) is 108 Å². The number of hydrogen-bond acceptors (Lipinski definition) is 1. The molecule has 0 radical (unpaired) electrons. The molecule has 3 saturated carbocycles. The first kappa shape index (κ1) is 37.0. The summed E-state index contributed by atoms with van der Waals surface area (Å²) >= 11 is 0. The quantitative estimate of drug-likeness (QED) is 0.242. The molecule has 0 unspecified atom stereocenters. The molecule has 0 spiro atoms. The molecule has 0 aliphatic heterocycles. The summed E-state index contributed by atoms with van der Waals surface area (Å²) in [6.45, 7) is 44.0. The number of carbonyl (C=O) groups is 1. The van der Waals surface area contributed by atoms with Gasteiger partial charge in [0.25, 0.3) is 0 Å². The van der Waals surface area contributed by atoms with Crippen LogP contribution in [0.15, 0.2) is 11.1 Å². The van der Waals surface area contributed by atoms with Gasteiger partial charge in [0.15, 0.2) is 0 Å². The van der Waals surface area contributed by atoms with Gasteiger partial charge in [-0.15, -0.1) is 0 Å². The van der Waals surface area contributed by atoms with Crippen LogP contribution in [0, 0.1) is 49.2 Å². The topological polar surface area (TPSA) is 37.3 Å². The summed E-state index contributed by atoms with van der Waals surface area (Å²) in [4.78, 5) is 10.9. The van der Waals surface area contributed by atoms with E-state index in [-0.39, 0.29) is 29.7 Å². The summed E-state index contributed by atoms with van der Waals surface area (Å²) in [5.74, 6) is 0.970. The van der Waals surface area contributed by atoms with Gasteiger partial charge in [-0.25, -0.2) is 0 Å². The van der Waals surface area contributed by atoms with Gasteiger partial charge in [0.1, 0.15) is 0 Å². The van der Waals surface area contributed by atoms with Crippen LogP contribution in [0.25, 0.3) is 0 Å². The Kier molecular flexibility index (Phi) is 10.7. The molecule has 0 aromatic heterocycles. The van der Waals surface area contributed by atoms with E-state index in [0.29, 0.717) is 27.1 Å². The van der Waals surface area contributed by atoms with Crippen molar-refractivity contribution in [3.05, 3.63) is 17.1 Å². The van der Waals surface area contributed by atoms with Crippen LogP contribution in [0.2, 0.25) is 0 Å². The second-order valence-corrected chi connectivity index (χ2v) is 15.4. The maximum atomic E-state index is 10.9. The first-order valence-electron chi connectivity index (χ1n) is 13.2. The second kappa shape index (κ2) is 10.2. The Morgan fingerprint density at radius 2 is 0.686 bits per heavy atom. The van der Waals surface area contributed by atoms with Gasteiger partial charge in [0.2, 0.25) is 0 Å². The van der Waals surface area contributed by atoms with Gasteiger partial charge >= 0.3 is 24.8 Å². The third-order valence-electron chi connectivity index (χ3n) is 13.4. The van der Waals surface area contributed by atoms with Gasteiger partial charge in [-0.05, 0) is 61.7 Å². The zero-order chi connectivity index (χ0) is 28.3. The van der Waals surface area contributed by atoms with Crippen molar-refractivity contribution >= 4 is 5.97 Å². The SMILES string of the molecule is CC(C)=C(C)C.CC1(C)C(C)(C)C1(C)C.CC1(C)C(C)(C)C1(C)C(=O)O.C[C-]1C(C)(C)C1(C)C.[Li+]. The van der Waals surface area contributed by atoms with Crippen molar-refractivity contribution in [1.82, 2.24) is 0 Å². The molecular weight excluding hydrogens is 423 g/mol. The average molecular weight is 485 g/mol. The molecule has 0 atom stereocenters. The van der Waals surface area contributed by atoms with Crippen molar-refractivity contribution in [2.75, 3.05) is 0 Å². The minimum Gasteiger partial charge on any atom is -0.481 e. The van der Waals surface area contributed by atoms with Crippen molar-refractivity contribution < 1.29 is 28.8 Å². The molecule has 202 valence electrons. The van der Waals surface area contributed by atoms with Crippen LogP contribution in [0.4, 0.5) is 0 Å². The Morgan fingerprint density at radius 1 is 0.514 bits per heavy atom. The van der Waals surface area contributed by atoms with Gasteiger partial charge in [0, 0.05) is 0 Å². The van der Waals surface area contributed by atoms with Crippen LogP contribution in [0.3, 0.4) is 0 Å². The summed E-state index contributed by atoms with van der Waals surface area (Å²) in [6, 6.07) is 0. The molecule has 3 fully saturated rings. The molecule has 35 heavy (non-hydrogen) atoms. The number of rotatable bonds is 1. The number of aliphatic carboxylic acids is 1. The number of carboxylic acids is 1. The minimum absolute atomic E-state index is 0. The molecule has 0 aromatic rings. The molecule has 0 saturated heterocycles. The van der Waals surface area contributed by atoms with E-state index in [0.717, 1.165) is 0 Å². The Bertz CT molecular complexity index is 717. The van der Waals surface area contributed by atoms with Crippen LogP contribution in [0.5, 0.6) is 0 Å². The molecule has 2 nitrogen and oxygen atoms in total. The fourth-order valence-electron chi connectivity index (χ4n) is 5.32. The molecule has 3 rings (SSSR count). The largest absolute Gasteiger partial charge is 1.00 e. The summed E-state index contributed by atoms with van der Waals surface area (Å²) < 4.78 is 0. The molecule has 3 aliphatic rings. The molecule has 0 heterocycles. The van der Waals surface area contributed by atoms with E-state index in [1.807, 2.05) is 34.6 Å². The number of allylic oxidation sites excluding steroid dienone is 2. The summed E-state index contributed by atoms with van der Waals surface area (Å²) in [5.41, 5.74) is 4.82. The van der Waals surface area contributed by atoms with Gasteiger partial charge in [0.05, 0.1) is 5.41 Å². The van der Waals surface area contributed by atoms with Gasteiger partial charge in [-0.3, -0.25) is 4.79 Å². The Hall–Kier alpha value is -0.193. The zero-order valence-electron chi connectivity index (χ0n) is 27.9. The monoisotopic (exact) mass is 484 g/mol. The van der Waals surface area contributed by atoms with Gasteiger partial charge < -0.3 is 11.0 Å². The van der Waals surface area contributed by atoms with E-state index in [4.69, 9.17) is 5.11 Å². The van der Waals surface area contributed by atoms with Crippen molar-refractivity contribution in [1.29, 1.82) is 0 Å². The van der Waals surface area contributed by atoms with Crippen LogP contribution in [-0.4, -0.2) is 11.1 Å². The number of hydrogen-bond donors (Lipinski definition) is 1. The molecule has 0 aromatic carbocycles. The van der Waals surface area contributed by atoms with Gasteiger partial charge in [-0.2, -0.15) is 17.8 Å². The van der Waals surface area contributed by atoms with Crippen LogP contribution in [-0.2, 0) is 4.79 Å². The van der Waals surface area contributed by atoms with Crippen molar-refractivity contribution in [3.8, 4) is 0 Å². The number of carboxylic acid groups (broad SMARTS) is 1. The van der Waals surface area contributed by atoms with E-state index >= 15 is 0 Å². The third-order valence-corrected chi connectivity index (χ3v) is 13.4. The van der Waals surface area contributed by atoms with Crippen LogP contribution < -0.4 is 18.9 Å².